The summed E-state index contributed by atoms with van der Waals surface area (Å²) in [6, 6.07) is 10.0. The van der Waals surface area contributed by atoms with Gasteiger partial charge in [-0.2, -0.15) is 4.98 Å². The minimum absolute atomic E-state index is 0.617. The molecule has 0 aliphatic heterocycles. The second-order valence-corrected chi connectivity index (χ2v) is 5.10. The zero-order valence-corrected chi connectivity index (χ0v) is 13.3. The largest absolute Gasteiger partial charge is 0.385 e. The smallest absolute Gasteiger partial charge is 0.224 e. The number of ether oxygens (including phenoxy) is 1. The van der Waals surface area contributed by atoms with Crippen LogP contribution in [0.4, 0.5) is 23.1 Å². The second kappa shape index (κ2) is 8.19. The Labute approximate surface area is 131 Å². The Morgan fingerprint density at radius 1 is 1.14 bits per heavy atom. The molecule has 6 nitrogen and oxygen atoms in total. The molecule has 0 fully saturated rings. The van der Waals surface area contributed by atoms with E-state index in [-0.39, 0.29) is 0 Å². The SMILES string of the molecule is COCCCNc1nccc(Nc2ccc(N(C)C)cc2)n1. The van der Waals surface area contributed by atoms with Crippen LogP contribution in [0.2, 0.25) is 0 Å². The summed E-state index contributed by atoms with van der Waals surface area (Å²) >= 11 is 0. The molecule has 0 unspecified atom stereocenters. The van der Waals surface area contributed by atoms with Crippen LogP contribution in [0.3, 0.4) is 0 Å². The van der Waals surface area contributed by atoms with Crippen LogP contribution in [-0.4, -0.2) is 44.3 Å². The lowest BCUT2D eigenvalue weighted by molar-refractivity contribution is 0.197. The Kier molecular flexibility index (Phi) is 5.97. The zero-order valence-electron chi connectivity index (χ0n) is 13.3. The van der Waals surface area contributed by atoms with Crippen molar-refractivity contribution in [3.8, 4) is 0 Å². The molecule has 22 heavy (non-hydrogen) atoms. The standard InChI is InChI=1S/C16H23N5O/c1-21(2)14-7-5-13(6-8-14)19-15-9-11-18-16(20-15)17-10-4-12-22-3/h5-9,11H,4,10,12H2,1-3H3,(H2,17,18,19,20). The van der Waals surface area contributed by atoms with E-state index >= 15 is 0 Å². The molecule has 0 aliphatic rings. The van der Waals surface area contributed by atoms with Crippen molar-refractivity contribution in [3.63, 3.8) is 0 Å². The maximum atomic E-state index is 5.01. The average Bonchev–Trinajstić information content (AvgIpc) is 2.52. The van der Waals surface area contributed by atoms with Gasteiger partial charge in [0.25, 0.3) is 0 Å². The van der Waals surface area contributed by atoms with Crippen LogP contribution in [0.15, 0.2) is 36.5 Å². The predicted octanol–water partition coefficient (Wildman–Crippen LogP) is 2.73. The maximum absolute atomic E-state index is 5.01. The van der Waals surface area contributed by atoms with E-state index in [0.717, 1.165) is 36.8 Å². The molecular formula is C16H23N5O. The molecule has 0 atom stereocenters. The van der Waals surface area contributed by atoms with Gasteiger partial charge in [-0.1, -0.05) is 0 Å². The Morgan fingerprint density at radius 3 is 2.59 bits per heavy atom. The minimum Gasteiger partial charge on any atom is -0.385 e. The predicted molar refractivity (Wildman–Crippen MR) is 91.1 cm³/mol. The maximum Gasteiger partial charge on any atom is 0.224 e. The third-order valence-electron chi connectivity index (χ3n) is 3.12. The van der Waals surface area contributed by atoms with Crippen molar-refractivity contribution in [1.82, 2.24) is 9.97 Å². The first-order chi connectivity index (χ1) is 10.7. The molecule has 1 heterocycles. The van der Waals surface area contributed by atoms with E-state index in [1.807, 2.05) is 32.3 Å². The highest BCUT2D eigenvalue weighted by Gasteiger charge is 2.01. The number of nitrogens with one attached hydrogen (secondary N) is 2. The van der Waals surface area contributed by atoms with Crippen molar-refractivity contribution in [1.29, 1.82) is 0 Å². The molecule has 1 aromatic heterocycles. The van der Waals surface area contributed by atoms with Gasteiger partial charge in [-0.25, -0.2) is 4.98 Å². The number of hydrogen-bond donors (Lipinski definition) is 2. The highest BCUT2D eigenvalue weighted by atomic mass is 16.5. The van der Waals surface area contributed by atoms with Gasteiger partial charge in [0.05, 0.1) is 0 Å². The summed E-state index contributed by atoms with van der Waals surface area (Å²) < 4.78 is 5.01. The van der Waals surface area contributed by atoms with Gasteiger partial charge in [-0.15, -0.1) is 0 Å². The molecule has 0 amide bonds. The number of anilines is 4. The lowest BCUT2D eigenvalue weighted by Crippen LogP contribution is -2.09. The Hall–Kier alpha value is -2.34. The molecule has 2 aromatic rings. The van der Waals surface area contributed by atoms with Gasteiger partial charge in [0.15, 0.2) is 0 Å². The molecule has 0 aliphatic carbocycles. The fourth-order valence-corrected chi connectivity index (χ4v) is 1.92. The molecule has 0 spiro atoms. The van der Waals surface area contributed by atoms with Crippen molar-refractivity contribution < 1.29 is 4.74 Å². The molecule has 0 saturated heterocycles. The fourth-order valence-electron chi connectivity index (χ4n) is 1.92. The van der Waals surface area contributed by atoms with E-state index in [4.69, 9.17) is 4.74 Å². The van der Waals surface area contributed by atoms with E-state index < -0.39 is 0 Å². The summed E-state index contributed by atoms with van der Waals surface area (Å²) in [5.41, 5.74) is 2.16. The number of aromatic nitrogens is 2. The van der Waals surface area contributed by atoms with Crippen molar-refractivity contribution in [2.45, 2.75) is 6.42 Å². The van der Waals surface area contributed by atoms with Crippen LogP contribution in [0, 0.1) is 0 Å². The van der Waals surface area contributed by atoms with E-state index in [1.54, 1.807) is 13.3 Å². The number of rotatable bonds is 8. The summed E-state index contributed by atoms with van der Waals surface area (Å²) in [5, 5.41) is 6.46. The molecule has 118 valence electrons. The lowest BCUT2D eigenvalue weighted by atomic mass is 10.2. The second-order valence-electron chi connectivity index (χ2n) is 5.10. The topological polar surface area (TPSA) is 62.3 Å². The molecule has 0 radical (unpaired) electrons. The van der Waals surface area contributed by atoms with Gasteiger partial charge >= 0.3 is 0 Å². The average molecular weight is 301 g/mol. The highest BCUT2D eigenvalue weighted by molar-refractivity contribution is 5.60. The fraction of sp³-hybridized carbons (Fsp3) is 0.375. The first kappa shape index (κ1) is 16.0. The molecule has 6 heteroatoms. The number of hydrogen-bond acceptors (Lipinski definition) is 6. The third-order valence-corrected chi connectivity index (χ3v) is 3.12. The van der Waals surface area contributed by atoms with Gasteiger partial charge in [0.2, 0.25) is 5.95 Å². The van der Waals surface area contributed by atoms with Crippen LogP contribution < -0.4 is 15.5 Å². The number of benzene rings is 1. The normalized spacial score (nSPS) is 10.3. The Balaban J connectivity index is 1.94. The molecule has 0 bridgehead atoms. The van der Waals surface area contributed by atoms with Crippen LogP contribution in [0.5, 0.6) is 0 Å². The Morgan fingerprint density at radius 2 is 1.91 bits per heavy atom. The van der Waals surface area contributed by atoms with Crippen LogP contribution >= 0.6 is 0 Å². The van der Waals surface area contributed by atoms with Crippen LogP contribution in [0.25, 0.3) is 0 Å². The summed E-state index contributed by atoms with van der Waals surface area (Å²) in [7, 11) is 5.74. The Bertz CT molecular complexity index is 571. The van der Waals surface area contributed by atoms with Crippen molar-refractivity contribution >= 4 is 23.1 Å². The molecule has 2 N–H and O–H groups in total. The van der Waals surface area contributed by atoms with Gasteiger partial charge < -0.3 is 20.3 Å². The van der Waals surface area contributed by atoms with Crippen LogP contribution in [-0.2, 0) is 4.74 Å². The number of methoxy groups -OCH3 is 1. The highest BCUT2D eigenvalue weighted by Crippen LogP contribution is 2.19. The van der Waals surface area contributed by atoms with Crippen LogP contribution in [0.1, 0.15) is 6.42 Å². The monoisotopic (exact) mass is 301 g/mol. The first-order valence-electron chi connectivity index (χ1n) is 7.29. The van der Waals surface area contributed by atoms with Gasteiger partial charge in [-0.3, -0.25) is 0 Å². The van der Waals surface area contributed by atoms with E-state index in [0.29, 0.717) is 5.95 Å². The summed E-state index contributed by atoms with van der Waals surface area (Å²) in [4.78, 5) is 10.7. The summed E-state index contributed by atoms with van der Waals surface area (Å²) in [5.74, 6) is 1.38. The first-order valence-corrected chi connectivity index (χ1v) is 7.29. The van der Waals surface area contributed by atoms with E-state index in [1.165, 1.54) is 0 Å². The van der Waals surface area contributed by atoms with Crippen molar-refractivity contribution in [2.24, 2.45) is 0 Å². The molecular weight excluding hydrogens is 278 g/mol. The minimum atomic E-state index is 0.617. The van der Waals surface area contributed by atoms with Crippen molar-refractivity contribution in [2.75, 3.05) is 49.9 Å². The molecule has 0 saturated carbocycles. The molecule has 2 rings (SSSR count). The van der Waals surface area contributed by atoms with Gasteiger partial charge in [-0.05, 0) is 36.8 Å². The van der Waals surface area contributed by atoms with E-state index in [9.17, 15) is 0 Å². The molecule has 1 aromatic carbocycles. The number of nitrogens with zero attached hydrogens (tertiary/aromatic N) is 3. The van der Waals surface area contributed by atoms with Gasteiger partial charge in [0.1, 0.15) is 5.82 Å². The van der Waals surface area contributed by atoms with Crippen molar-refractivity contribution in [3.05, 3.63) is 36.5 Å². The lowest BCUT2D eigenvalue weighted by Gasteiger charge is -2.13. The summed E-state index contributed by atoms with van der Waals surface area (Å²) in [6.45, 7) is 1.51. The third kappa shape index (κ3) is 4.89. The quantitative estimate of drug-likeness (QED) is 0.731. The van der Waals surface area contributed by atoms with E-state index in [2.05, 4.69) is 37.6 Å². The summed E-state index contributed by atoms with van der Waals surface area (Å²) in [6.07, 6.45) is 2.66. The van der Waals surface area contributed by atoms with Gasteiger partial charge in [0, 0.05) is 51.9 Å². The zero-order chi connectivity index (χ0) is 15.8.